The molecule has 190 valence electrons. The molecule has 1 aliphatic rings. The number of hydrogen-bond acceptors (Lipinski definition) is 5. The van der Waals surface area contributed by atoms with Gasteiger partial charge >= 0.3 is 0 Å². The maximum Gasteiger partial charge on any atom is 0.248 e. The molecule has 0 atom stereocenters. The topological polar surface area (TPSA) is 83.7 Å². The average Bonchev–Trinajstić information content (AvgIpc) is 3.24. The monoisotopic (exact) mass is 515 g/mol. The number of rotatable bonds is 6. The lowest BCUT2D eigenvalue weighted by molar-refractivity contribution is -0.123. The highest BCUT2D eigenvalue weighted by atomic mass is 32.2. The number of benzene rings is 2. The summed E-state index contributed by atoms with van der Waals surface area (Å²) in [5, 5.41) is 3.79. The van der Waals surface area contributed by atoms with Gasteiger partial charge in [0.15, 0.2) is 10.7 Å². The second kappa shape index (κ2) is 10.3. The third-order valence-electron chi connectivity index (χ3n) is 6.36. The van der Waals surface area contributed by atoms with Crippen molar-refractivity contribution in [1.29, 1.82) is 0 Å². The molecule has 7 nitrogen and oxygen atoms in total. The van der Waals surface area contributed by atoms with Crippen molar-refractivity contribution in [3.8, 4) is 0 Å². The van der Waals surface area contributed by atoms with Crippen molar-refractivity contribution >= 4 is 33.8 Å². The molecule has 0 unspecified atom stereocenters. The Balaban J connectivity index is 1.48. The number of halogens is 2. The first kappa shape index (κ1) is 25.7. The number of aromatic nitrogens is 1. The van der Waals surface area contributed by atoms with Crippen LogP contribution in [0.2, 0.25) is 0 Å². The molecule has 3 aromatic rings. The molecule has 4 rings (SSSR count). The van der Waals surface area contributed by atoms with Crippen LogP contribution in [-0.4, -0.2) is 43.9 Å². The number of hydrogen-bond donors (Lipinski definition) is 0. The SMILES string of the molecule is Cc1ccc(N(C)C(=O)C2CCN(S(=O)(=O)c3c(C)noc3C=Cc3ccc(F)cc3F)CC2)cc1. The summed E-state index contributed by atoms with van der Waals surface area (Å²) in [5.74, 6) is -1.90. The van der Waals surface area contributed by atoms with Crippen molar-refractivity contribution in [2.45, 2.75) is 31.6 Å². The van der Waals surface area contributed by atoms with E-state index < -0.39 is 21.7 Å². The van der Waals surface area contributed by atoms with Crippen molar-refractivity contribution in [2.75, 3.05) is 25.0 Å². The molecule has 1 saturated heterocycles. The molecular weight excluding hydrogens is 488 g/mol. The van der Waals surface area contributed by atoms with E-state index in [0.717, 1.165) is 23.4 Å². The van der Waals surface area contributed by atoms with Crippen LogP contribution in [0.15, 0.2) is 51.9 Å². The van der Waals surface area contributed by atoms with Crippen LogP contribution in [0.4, 0.5) is 14.5 Å². The van der Waals surface area contributed by atoms with E-state index in [1.807, 2.05) is 31.2 Å². The highest BCUT2D eigenvalue weighted by Gasteiger charge is 2.36. The minimum atomic E-state index is -3.98. The Kier molecular flexibility index (Phi) is 7.37. The van der Waals surface area contributed by atoms with Crippen LogP contribution in [0.25, 0.3) is 12.2 Å². The number of nitrogens with zero attached hydrogens (tertiary/aromatic N) is 3. The van der Waals surface area contributed by atoms with Gasteiger partial charge in [0.25, 0.3) is 0 Å². The van der Waals surface area contributed by atoms with Crippen LogP contribution in [0, 0.1) is 31.4 Å². The number of anilines is 1. The molecule has 0 saturated carbocycles. The summed E-state index contributed by atoms with van der Waals surface area (Å²) < 4.78 is 60.6. The molecule has 36 heavy (non-hydrogen) atoms. The first-order valence-electron chi connectivity index (χ1n) is 11.5. The maximum atomic E-state index is 14.0. The molecule has 0 radical (unpaired) electrons. The Morgan fingerprint density at radius 3 is 2.39 bits per heavy atom. The fraction of sp³-hybridized carbons (Fsp3) is 0.308. The predicted molar refractivity (Wildman–Crippen MR) is 133 cm³/mol. The summed E-state index contributed by atoms with van der Waals surface area (Å²) in [6, 6.07) is 10.7. The first-order chi connectivity index (χ1) is 17.1. The summed E-state index contributed by atoms with van der Waals surface area (Å²) in [5.41, 5.74) is 2.13. The van der Waals surface area contributed by atoms with Gasteiger partial charge in [-0.2, -0.15) is 4.31 Å². The minimum Gasteiger partial charge on any atom is -0.355 e. The lowest BCUT2D eigenvalue weighted by atomic mass is 9.96. The molecule has 0 bridgehead atoms. The van der Waals surface area contributed by atoms with Gasteiger partial charge in [0.2, 0.25) is 15.9 Å². The number of carbonyl (C=O) groups excluding carboxylic acids is 1. The van der Waals surface area contributed by atoms with Gasteiger partial charge in [-0.1, -0.05) is 22.9 Å². The lowest BCUT2D eigenvalue weighted by Gasteiger charge is -2.32. The fourth-order valence-corrected chi connectivity index (χ4v) is 5.96. The van der Waals surface area contributed by atoms with Gasteiger partial charge in [0, 0.05) is 43.4 Å². The van der Waals surface area contributed by atoms with Gasteiger partial charge in [0.05, 0.1) is 0 Å². The third-order valence-corrected chi connectivity index (χ3v) is 8.42. The predicted octanol–water partition coefficient (Wildman–Crippen LogP) is 4.80. The van der Waals surface area contributed by atoms with Crippen LogP contribution in [0.5, 0.6) is 0 Å². The summed E-state index contributed by atoms with van der Waals surface area (Å²) in [7, 11) is -2.26. The Morgan fingerprint density at radius 2 is 1.75 bits per heavy atom. The summed E-state index contributed by atoms with van der Waals surface area (Å²) in [6.07, 6.45) is 3.37. The molecular formula is C26H27F2N3O4S. The van der Waals surface area contributed by atoms with Crippen molar-refractivity contribution < 1.29 is 26.5 Å². The maximum absolute atomic E-state index is 14.0. The number of carbonyl (C=O) groups is 1. The molecule has 2 heterocycles. The first-order valence-corrected chi connectivity index (χ1v) is 13.0. The van der Waals surface area contributed by atoms with E-state index in [4.69, 9.17) is 4.52 Å². The summed E-state index contributed by atoms with van der Waals surface area (Å²) in [4.78, 5) is 14.5. The van der Waals surface area contributed by atoms with E-state index >= 15 is 0 Å². The largest absolute Gasteiger partial charge is 0.355 e. The second-order valence-electron chi connectivity index (χ2n) is 8.87. The molecule has 0 spiro atoms. The van der Waals surface area contributed by atoms with E-state index in [9.17, 15) is 22.0 Å². The zero-order valence-electron chi connectivity index (χ0n) is 20.2. The minimum absolute atomic E-state index is 0.0477. The van der Waals surface area contributed by atoms with Crippen molar-refractivity contribution in [1.82, 2.24) is 9.46 Å². The Hall–Kier alpha value is -3.37. The Bertz CT molecular complexity index is 1390. The van der Waals surface area contributed by atoms with Crippen LogP contribution in [-0.2, 0) is 14.8 Å². The number of piperidine rings is 1. The van der Waals surface area contributed by atoms with Gasteiger partial charge in [0.1, 0.15) is 17.3 Å². The van der Waals surface area contributed by atoms with Crippen LogP contribution < -0.4 is 4.90 Å². The van der Waals surface area contributed by atoms with Gasteiger partial charge < -0.3 is 9.42 Å². The zero-order chi connectivity index (χ0) is 26.0. The van der Waals surface area contributed by atoms with Crippen LogP contribution >= 0.6 is 0 Å². The third kappa shape index (κ3) is 5.24. The highest BCUT2D eigenvalue weighted by Crippen LogP contribution is 2.30. The van der Waals surface area contributed by atoms with Crippen molar-refractivity contribution in [2.24, 2.45) is 5.92 Å². The Morgan fingerprint density at radius 1 is 1.08 bits per heavy atom. The van der Waals surface area contributed by atoms with E-state index in [2.05, 4.69) is 5.16 Å². The number of amides is 1. The van der Waals surface area contributed by atoms with Crippen molar-refractivity contribution in [3.05, 3.63) is 76.7 Å². The van der Waals surface area contributed by atoms with Gasteiger partial charge in [-0.05, 0) is 63.1 Å². The van der Waals surface area contributed by atoms with E-state index in [-0.39, 0.29) is 46.8 Å². The number of aryl methyl sites for hydroxylation is 2. The standard InChI is InChI=1S/C26H27F2N3O4S/c1-17-4-9-22(10-5-17)30(3)26(32)20-12-14-31(15-13-20)36(33,34)25-18(2)29-35-24(25)11-7-19-6-8-21(27)16-23(19)28/h4-11,16,20H,12-15H2,1-3H3. The zero-order valence-corrected chi connectivity index (χ0v) is 21.1. The molecule has 0 aliphatic carbocycles. The fourth-order valence-electron chi connectivity index (χ4n) is 4.24. The molecule has 1 aromatic heterocycles. The molecule has 1 aliphatic heterocycles. The Labute approximate surface area is 209 Å². The lowest BCUT2D eigenvalue weighted by Crippen LogP contribution is -2.43. The smallest absolute Gasteiger partial charge is 0.248 e. The van der Waals surface area contributed by atoms with Crippen LogP contribution in [0.1, 0.15) is 35.4 Å². The molecule has 2 aromatic carbocycles. The number of sulfonamides is 1. The highest BCUT2D eigenvalue weighted by molar-refractivity contribution is 7.89. The summed E-state index contributed by atoms with van der Waals surface area (Å²) >= 11 is 0. The molecule has 0 N–H and O–H groups in total. The summed E-state index contributed by atoms with van der Waals surface area (Å²) in [6.45, 7) is 3.82. The van der Waals surface area contributed by atoms with E-state index in [1.165, 1.54) is 29.4 Å². The molecule has 1 amide bonds. The van der Waals surface area contributed by atoms with Crippen molar-refractivity contribution in [3.63, 3.8) is 0 Å². The van der Waals surface area contributed by atoms with Gasteiger partial charge in [-0.25, -0.2) is 17.2 Å². The van der Waals surface area contributed by atoms with Gasteiger partial charge in [-0.3, -0.25) is 4.79 Å². The molecule has 1 fully saturated rings. The molecule has 10 heteroatoms. The van der Waals surface area contributed by atoms with E-state index in [1.54, 1.807) is 11.9 Å². The van der Waals surface area contributed by atoms with Gasteiger partial charge in [-0.15, -0.1) is 0 Å². The quantitative estimate of drug-likeness (QED) is 0.471. The van der Waals surface area contributed by atoms with E-state index in [0.29, 0.717) is 12.8 Å². The average molecular weight is 516 g/mol. The second-order valence-corrected chi connectivity index (χ2v) is 10.7. The van der Waals surface area contributed by atoms with Crippen LogP contribution in [0.3, 0.4) is 0 Å². The normalized spacial score (nSPS) is 15.5.